The fraction of sp³-hybridized carbons (Fsp3) is 0.368. The van der Waals surface area contributed by atoms with Crippen LogP contribution in [0.3, 0.4) is 0 Å². The van der Waals surface area contributed by atoms with Gasteiger partial charge in [-0.3, -0.25) is 9.78 Å². The van der Waals surface area contributed by atoms with E-state index in [2.05, 4.69) is 20.4 Å². The summed E-state index contributed by atoms with van der Waals surface area (Å²) in [6.07, 6.45) is 9.45. The number of rotatable bonds is 4. The monoisotopic (exact) mass is 367 g/mol. The van der Waals surface area contributed by atoms with E-state index < -0.39 is 0 Å². The van der Waals surface area contributed by atoms with E-state index in [9.17, 15) is 4.79 Å². The number of anilines is 1. The summed E-state index contributed by atoms with van der Waals surface area (Å²) in [7, 11) is 0. The maximum absolute atomic E-state index is 12.8. The molecule has 26 heavy (non-hydrogen) atoms. The van der Waals surface area contributed by atoms with Gasteiger partial charge in [0.15, 0.2) is 0 Å². The van der Waals surface area contributed by atoms with Crippen molar-refractivity contribution in [1.29, 1.82) is 0 Å². The fourth-order valence-corrected chi connectivity index (χ4v) is 4.35. The highest BCUT2D eigenvalue weighted by Crippen LogP contribution is 2.31. The zero-order valence-corrected chi connectivity index (χ0v) is 15.5. The molecule has 0 bridgehead atoms. The molecule has 7 heteroatoms. The van der Waals surface area contributed by atoms with E-state index in [1.807, 2.05) is 35.9 Å². The Bertz CT molecular complexity index is 896. The van der Waals surface area contributed by atoms with Crippen molar-refractivity contribution in [2.24, 2.45) is 0 Å². The minimum absolute atomic E-state index is 0.139. The number of carbonyl (C=O) groups is 1. The van der Waals surface area contributed by atoms with Crippen molar-refractivity contribution in [2.75, 3.05) is 5.32 Å². The van der Waals surface area contributed by atoms with Crippen molar-refractivity contribution < 1.29 is 4.79 Å². The Kier molecular flexibility index (Phi) is 4.79. The van der Waals surface area contributed by atoms with E-state index in [1.54, 1.807) is 12.4 Å². The number of thiazole rings is 1. The summed E-state index contributed by atoms with van der Waals surface area (Å²) in [5.74, 6) is 0.619. The lowest BCUT2D eigenvalue weighted by molar-refractivity contribution is 0.102. The molecule has 3 aromatic heterocycles. The normalized spacial score (nSPS) is 15.1. The van der Waals surface area contributed by atoms with Crippen LogP contribution in [0.4, 0.5) is 5.82 Å². The van der Waals surface area contributed by atoms with Gasteiger partial charge >= 0.3 is 0 Å². The van der Waals surface area contributed by atoms with Crippen molar-refractivity contribution in [3.8, 4) is 10.7 Å². The molecule has 0 aliphatic heterocycles. The lowest BCUT2D eigenvalue weighted by Crippen LogP contribution is -2.20. The quantitative estimate of drug-likeness (QED) is 0.738. The minimum Gasteiger partial charge on any atom is -0.306 e. The smallest absolute Gasteiger partial charge is 0.268 e. The van der Waals surface area contributed by atoms with Crippen LogP contribution in [0.1, 0.15) is 53.5 Å². The first-order valence-corrected chi connectivity index (χ1v) is 9.78. The molecule has 0 saturated heterocycles. The first kappa shape index (κ1) is 16.9. The molecular weight excluding hydrogens is 346 g/mol. The van der Waals surface area contributed by atoms with Crippen LogP contribution in [0, 0.1) is 6.92 Å². The van der Waals surface area contributed by atoms with Crippen molar-refractivity contribution in [3.63, 3.8) is 0 Å². The molecule has 134 valence electrons. The Hall–Kier alpha value is -2.54. The Labute approximate surface area is 156 Å². The summed E-state index contributed by atoms with van der Waals surface area (Å²) in [5, 5.41) is 8.22. The molecule has 1 fully saturated rings. The highest BCUT2D eigenvalue weighted by atomic mass is 32.1. The van der Waals surface area contributed by atoms with Gasteiger partial charge in [0, 0.05) is 12.3 Å². The van der Waals surface area contributed by atoms with Crippen LogP contribution >= 0.6 is 11.3 Å². The van der Waals surface area contributed by atoms with Gasteiger partial charge in [-0.1, -0.05) is 25.3 Å². The number of aromatic nitrogens is 4. The van der Waals surface area contributed by atoms with Gasteiger partial charge in [0.2, 0.25) is 0 Å². The summed E-state index contributed by atoms with van der Waals surface area (Å²) >= 11 is 1.37. The Morgan fingerprint density at radius 3 is 2.81 bits per heavy atom. The summed E-state index contributed by atoms with van der Waals surface area (Å²) in [6, 6.07) is 7.92. The largest absolute Gasteiger partial charge is 0.306 e. The molecule has 1 aliphatic carbocycles. The van der Waals surface area contributed by atoms with Crippen LogP contribution < -0.4 is 5.32 Å². The summed E-state index contributed by atoms with van der Waals surface area (Å²) < 4.78 is 1.97. The molecule has 1 aliphatic rings. The maximum Gasteiger partial charge on any atom is 0.268 e. The van der Waals surface area contributed by atoms with Crippen LogP contribution in [0.15, 0.2) is 36.7 Å². The summed E-state index contributed by atoms with van der Waals surface area (Å²) in [6.45, 7) is 1.86. The third kappa shape index (κ3) is 3.39. The molecule has 4 rings (SSSR count). The third-order valence-electron chi connectivity index (χ3n) is 4.72. The second-order valence-corrected chi connectivity index (χ2v) is 7.55. The first-order chi connectivity index (χ1) is 12.7. The molecule has 1 saturated carbocycles. The zero-order valence-electron chi connectivity index (χ0n) is 14.7. The van der Waals surface area contributed by atoms with E-state index >= 15 is 0 Å². The van der Waals surface area contributed by atoms with Gasteiger partial charge in [-0.2, -0.15) is 5.10 Å². The van der Waals surface area contributed by atoms with Crippen LogP contribution in [0.2, 0.25) is 0 Å². The molecule has 0 radical (unpaired) electrons. The SMILES string of the molecule is Cc1nc(-c2ccccn2)sc1C(=O)Nc1ccnn1C1CCCCC1. The molecule has 0 aromatic carbocycles. The van der Waals surface area contributed by atoms with Gasteiger partial charge in [0.1, 0.15) is 15.7 Å². The van der Waals surface area contributed by atoms with Crippen LogP contribution in [0.5, 0.6) is 0 Å². The van der Waals surface area contributed by atoms with Gasteiger partial charge < -0.3 is 5.32 Å². The van der Waals surface area contributed by atoms with Crippen molar-refractivity contribution in [1.82, 2.24) is 19.7 Å². The van der Waals surface area contributed by atoms with Gasteiger partial charge in [0.05, 0.1) is 23.6 Å². The predicted molar refractivity (Wildman–Crippen MR) is 102 cm³/mol. The van der Waals surface area contributed by atoms with Crippen molar-refractivity contribution in [3.05, 3.63) is 47.2 Å². The van der Waals surface area contributed by atoms with E-state index in [0.29, 0.717) is 10.9 Å². The van der Waals surface area contributed by atoms with E-state index in [1.165, 1.54) is 30.6 Å². The van der Waals surface area contributed by atoms with Gasteiger partial charge in [-0.25, -0.2) is 9.67 Å². The lowest BCUT2D eigenvalue weighted by atomic mass is 9.96. The van der Waals surface area contributed by atoms with Crippen LogP contribution in [0.25, 0.3) is 10.7 Å². The first-order valence-electron chi connectivity index (χ1n) is 8.96. The number of nitrogens with zero attached hydrogens (tertiary/aromatic N) is 4. The van der Waals surface area contributed by atoms with Gasteiger partial charge in [-0.15, -0.1) is 11.3 Å². The molecule has 0 spiro atoms. The highest BCUT2D eigenvalue weighted by molar-refractivity contribution is 7.17. The number of hydrogen-bond acceptors (Lipinski definition) is 5. The Balaban J connectivity index is 1.54. The number of amides is 1. The average molecular weight is 367 g/mol. The van der Waals surface area contributed by atoms with E-state index in [-0.39, 0.29) is 5.91 Å². The topological polar surface area (TPSA) is 72.7 Å². The lowest BCUT2D eigenvalue weighted by Gasteiger charge is -2.23. The number of aryl methyl sites for hydroxylation is 1. The van der Waals surface area contributed by atoms with Crippen molar-refractivity contribution >= 4 is 23.1 Å². The fourth-order valence-electron chi connectivity index (χ4n) is 3.41. The molecular formula is C19H21N5OS. The highest BCUT2D eigenvalue weighted by Gasteiger charge is 2.21. The number of carbonyl (C=O) groups excluding carboxylic acids is 1. The number of hydrogen-bond donors (Lipinski definition) is 1. The Morgan fingerprint density at radius 1 is 1.19 bits per heavy atom. The van der Waals surface area contributed by atoms with E-state index in [4.69, 9.17) is 0 Å². The molecule has 3 heterocycles. The minimum atomic E-state index is -0.139. The number of pyridine rings is 1. The summed E-state index contributed by atoms with van der Waals surface area (Å²) in [5.41, 5.74) is 1.50. The molecule has 1 N–H and O–H groups in total. The Morgan fingerprint density at radius 2 is 2.04 bits per heavy atom. The van der Waals surface area contributed by atoms with Gasteiger partial charge in [-0.05, 0) is 31.9 Å². The molecule has 1 amide bonds. The van der Waals surface area contributed by atoms with Crippen LogP contribution in [-0.4, -0.2) is 25.7 Å². The molecule has 0 unspecified atom stereocenters. The van der Waals surface area contributed by atoms with Crippen molar-refractivity contribution in [2.45, 2.75) is 45.1 Å². The maximum atomic E-state index is 12.8. The molecule has 0 atom stereocenters. The van der Waals surface area contributed by atoms with E-state index in [0.717, 1.165) is 35.1 Å². The number of nitrogens with one attached hydrogen (secondary N) is 1. The third-order valence-corrected chi connectivity index (χ3v) is 5.90. The van der Waals surface area contributed by atoms with Crippen LogP contribution in [-0.2, 0) is 0 Å². The average Bonchev–Trinajstić information content (AvgIpc) is 3.30. The molecule has 3 aromatic rings. The van der Waals surface area contributed by atoms with Gasteiger partial charge in [0.25, 0.3) is 5.91 Å². The zero-order chi connectivity index (χ0) is 17.9. The predicted octanol–water partition coefficient (Wildman–Crippen LogP) is 4.47. The second kappa shape index (κ2) is 7.37. The standard InChI is InChI=1S/C19H21N5OS/c1-13-17(26-19(22-13)15-9-5-6-11-20-15)18(25)23-16-10-12-21-24(16)14-7-3-2-4-8-14/h5-6,9-12,14H,2-4,7-8H2,1H3,(H,23,25). The molecule has 6 nitrogen and oxygen atoms in total. The second-order valence-electron chi connectivity index (χ2n) is 6.56. The summed E-state index contributed by atoms with van der Waals surface area (Å²) in [4.78, 5) is 22.3.